The van der Waals surface area contributed by atoms with E-state index < -0.39 is 0 Å². The van der Waals surface area contributed by atoms with Crippen LogP contribution >= 0.6 is 11.6 Å². The molecule has 0 amide bonds. The van der Waals surface area contributed by atoms with Gasteiger partial charge < -0.3 is 15.6 Å². The molecular formula is C16H20ClN5O. The van der Waals surface area contributed by atoms with E-state index in [-0.39, 0.29) is 6.54 Å². The van der Waals surface area contributed by atoms with Crippen LogP contribution in [-0.4, -0.2) is 22.1 Å². The predicted octanol–water partition coefficient (Wildman–Crippen LogP) is 3.13. The van der Waals surface area contributed by atoms with Gasteiger partial charge in [-0.3, -0.25) is 0 Å². The lowest BCUT2D eigenvalue weighted by Gasteiger charge is -2.22. The molecule has 23 heavy (non-hydrogen) atoms. The monoisotopic (exact) mass is 333 g/mol. The standard InChI is InChI=1S/C16H20ClN5O/c17-12-8-6-11(7-9-12)15-21-14(23-22-15)10-19-16(18)20-13-4-2-1-3-5-13/h6-9,13H,1-5,10H2,(H3,18,19,20). The van der Waals surface area contributed by atoms with Crippen molar-refractivity contribution in [3.63, 3.8) is 0 Å². The van der Waals surface area contributed by atoms with Gasteiger partial charge in [0.05, 0.1) is 0 Å². The Morgan fingerprint density at radius 1 is 1.26 bits per heavy atom. The first-order valence-electron chi connectivity index (χ1n) is 7.86. The third kappa shape index (κ3) is 4.45. The van der Waals surface area contributed by atoms with E-state index >= 15 is 0 Å². The van der Waals surface area contributed by atoms with Crippen molar-refractivity contribution in [2.45, 2.75) is 44.7 Å². The number of aliphatic imine (C=N–C) groups is 1. The van der Waals surface area contributed by atoms with Crippen LogP contribution in [0.2, 0.25) is 5.02 Å². The number of rotatable bonds is 4. The Balaban J connectivity index is 1.57. The molecule has 0 aliphatic heterocycles. The highest BCUT2D eigenvalue weighted by molar-refractivity contribution is 6.30. The van der Waals surface area contributed by atoms with Crippen LogP contribution in [0.25, 0.3) is 11.4 Å². The molecule has 0 spiro atoms. The molecule has 1 aromatic carbocycles. The summed E-state index contributed by atoms with van der Waals surface area (Å²) in [7, 11) is 0. The quantitative estimate of drug-likeness (QED) is 0.662. The highest BCUT2D eigenvalue weighted by Crippen LogP contribution is 2.19. The first-order valence-corrected chi connectivity index (χ1v) is 8.23. The largest absolute Gasteiger partial charge is 0.370 e. The Hall–Kier alpha value is -2.08. The van der Waals surface area contributed by atoms with E-state index in [4.69, 9.17) is 21.9 Å². The molecule has 3 rings (SSSR count). The molecule has 0 radical (unpaired) electrons. The van der Waals surface area contributed by atoms with Gasteiger partial charge >= 0.3 is 0 Å². The van der Waals surface area contributed by atoms with Gasteiger partial charge in [0.15, 0.2) is 5.96 Å². The Kier molecular flexibility index (Phi) is 5.12. The maximum absolute atomic E-state index is 5.92. The van der Waals surface area contributed by atoms with Gasteiger partial charge in [-0.1, -0.05) is 36.0 Å². The minimum Gasteiger partial charge on any atom is -0.370 e. The van der Waals surface area contributed by atoms with Gasteiger partial charge in [0.2, 0.25) is 11.7 Å². The van der Waals surface area contributed by atoms with E-state index in [9.17, 15) is 0 Å². The van der Waals surface area contributed by atoms with Gasteiger partial charge in [-0.05, 0) is 37.1 Å². The van der Waals surface area contributed by atoms with Crippen LogP contribution in [0.5, 0.6) is 0 Å². The van der Waals surface area contributed by atoms with Gasteiger partial charge in [-0.25, -0.2) is 4.99 Å². The molecule has 1 heterocycles. The van der Waals surface area contributed by atoms with Crippen LogP contribution in [0.3, 0.4) is 0 Å². The average Bonchev–Trinajstić information content (AvgIpc) is 3.04. The molecule has 3 N–H and O–H groups in total. The lowest BCUT2D eigenvalue weighted by atomic mass is 9.96. The van der Waals surface area contributed by atoms with Crippen molar-refractivity contribution in [1.82, 2.24) is 15.5 Å². The van der Waals surface area contributed by atoms with Crippen molar-refractivity contribution in [3.05, 3.63) is 35.2 Å². The topological polar surface area (TPSA) is 89.3 Å². The zero-order valence-corrected chi connectivity index (χ0v) is 13.6. The predicted molar refractivity (Wildman–Crippen MR) is 90.1 cm³/mol. The highest BCUT2D eigenvalue weighted by Gasteiger charge is 2.13. The van der Waals surface area contributed by atoms with E-state index in [0.29, 0.717) is 28.7 Å². The van der Waals surface area contributed by atoms with Crippen molar-refractivity contribution >= 4 is 17.6 Å². The maximum Gasteiger partial charge on any atom is 0.248 e. The normalized spacial score (nSPS) is 16.5. The molecule has 1 fully saturated rings. The SMILES string of the molecule is NC(=NCc1nc(-c2ccc(Cl)cc2)no1)NC1CCCCC1. The van der Waals surface area contributed by atoms with Crippen molar-refractivity contribution < 1.29 is 4.52 Å². The Morgan fingerprint density at radius 3 is 2.74 bits per heavy atom. The number of nitrogens with one attached hydrogen (secondary N) is 1. The van der Waals surface area contributed by atoms with Crippen LogP contribution in [0, 0.1) is 0 Å². The molecule has 1 aliphatic rings. The lowest BCUT2D eigenvalue weighted by Crippen LogP contribution is -2.41. The molecule has 1 aromatic heterocycles. The molecular weight excluding hydrogens is 314 g/mol. The molecule has 0 bridgehead atoms. The molecule has 122 valence electrons. The number of benzene rings is 1. The number of aromatic nitrogens is 2. The van der Waals surface area contributed by atoms with Gasteiger partial charge in [0.25, 0.3) is 0 Å². The second-order valence-electron chi connectivity index (χ2n) is 5.70. The van der Waals surface area contributed by atoms with Crippen molar-refractivity contribution in [1.29, 1.82) is 0 Å². The summed E-state index contributed by atoms with van der Waals surface area (Å²) in [4.78, 5) is 8.59. The van der Waals surface area contributed by atoms with Crippen LogP contribution < -0.4 is 11.1 Å². The fraction of sp³-hybridized carbons (Fsp3) is 0.438. The summed E-state index contributed by atoms with van der Waals surface area (Å²) in [6, 6.07) is 7.70. The third-order valence-electron chi connectivity index (χ3n) is 3.91. The van der Waals surface area contributed by atoms with E-state index in [1.165, 1.54) is 19.3 Å². The van der Waals surface area contributed by atoms with Crippen LogP contribution in [0.15, 0.2) is 33.8 Å². The number of guanidine groups is 1. The van der Waals surface area contributed by atoms with Gasteiger partial charge in [0.1, 0.15) is 6.54 Å². The number of halogens is 1. The Bertz CT molecular complexity index is 661. The minimum absolute atomic E-state index is 0.270. The minimum atomic E-state index is 0.270. The molecule has 7 heteroatoms. The summed E-state index contributed by atoms with van der Waals surface area (Å²) < 4.78 is 5.21. The first-order chi connectivity index (χ1) is 11.2. The second kappa shape index (κ2) is 7.46. The summed E-state index contributed by atoms with van der Waals surface area (Å²) in [5, 5.41) is 7.88. The van der Waals surface area contributed by atoms with Gasteiger partial charge in [-0.15, -0.1) is 0 Å². The van der Waals surface area contributed by atoms with Crippen molar-refractivity contribution in [3.8, 4) is 11.4 Å². The zero-order chi connectivity index (χ0) is 16.1. The highest BCUT2D eigenvalue weighted by atomic mass is 35.5. The van der Waals surface area contributed by atoms with Crippen molar-refractivity contribution in [2.75, 3.05) is 0 Å². The van der Waals surface area contributed by atoms with E-state index in [1.807, 2.05) is 12.1 Å². The summed E-state index contributed by atoms with van der Waals surface area (Å²) in [5.41, 5.74) is 6.77. The molecule has 0 atom stereocenters. The molecule has 2 aromatic rings. The first kappa shape index (κ1) is 15.8. The summed E-state index contributed by atoms with van der Waals surface area (Å²) in [6.07, 6.45) is 6.11. The Labute approximate surface area is 140 Å². The van der Waals surface area contributed by atoms with Crippen molar-refractivity contribution in [2.24, 2.45) is 10.7 Å². The second-order valence-corrected chi connectivity index (χ2v) is 6.14. The van der Waals surface area contributed by atoms with E-state index in [1.54, 1.807) is 12.1 Å². The van der Waals surface area contributed by atoms with Crippen LogP contribution in [-0.2, 0) is 6.54 Å². The smallest absolute Gasteiger partial charge is 0.248 e. The number of nitrogens with two attached hydrogens (primary N) is 1. The summed E-state index contributed by atoms with van der Waals surface area (Å²) in [5.74, 6) is 1.39. The van der Waals surface area contributed by atoms with E-state index in [0.717, 1.165) is 18.4 Å². The number of nitrogens with zero attached hydrogens (tertiary/aromatic N) is 3. The average molecular weight is 334 g/mol. The number of hydrogen-bond donors (Lipinski definition) is 2. The maximum atomic E-state index is 5.92. The van der Waals surface area contributed by atoms with Crippen LogP contribution in [0.4, 0.5) is 0 Å². The number of hydrogen-bond acceptors (Lipinski definition) is 4. The fourth-order valence-corrected chi connectivity index (χ4v) is 2.82. The molecule has 6 nitrogen and oxygen atoms in total. The molecule has 1 aliphatic carbocycles. The van der Waals surface area contributed by atoms with Crippen LogP contribution in [0.1, 0.15) is 38.0 Å². The van der Waals surface area contributed by atoms with Gasteiger partial charge in [0, 0.05) is 16.6 Å². The Morgan fingerprint density at radius 2 is 2.00 bits per heavy atom. The molecule has 0 unspecified atom stereocenters. The summed E-state index contributed by atoms with van der Waals surface area (Å²) >= 11 is 5.87. The molecule has 0 saturated heterocycles. The lowest BCUT2D eigenvalue weighted by molar-refractivity contribution is 0.380. The summed E-state index contributed by atoms with van der Waals surface area (Å²) in [6.45, 7) is 0.270. The van der Waals surface area contributed by atoms with Gasteiger partial charge in [-0.2, -0.15) is 4.98 Å². The zero-order valence-electron chi connectivity index (χ0n) is 12.8. The fourth-order valence-electron chi connectivity index (χ4n) is 2.69. The molecule has 1 saturated carbocycles. The van der Waals surface area contributed by atoms with E-state index in [2.05, 4.69) is 20.4 Å². The third-order valence-corrected chi connectivity index (χ3v) is 4.16.